The molecule has 2 N–H and O–H groups in total. The molecule has 0 aliphatic carbocycles. The lowest BCUT2D eigenvalue weighted by atomic mass is 9.97. The smallest absolute Gasteiger partial charge is 0.125 e. The largest absolute Gasteiger partial charge is 0.493 e. The molecular weight excluding hydrogens is 338 g/mol. The Balaban J connectivity index is 1.88. The van der Waals surface area contributed by atoms with Gasteiger partial charge in [0.05, 0.1) is 6.61 Å². The number of hydrogen-bond acceptors (Lipinski definition) is 2. The van der Waals surface area contributed by atoms with Gasteiger partial charge >= 0.3 is 0 Å². The summed E-state index contributed by atoms with van der Waals surface area (Å²) in [6.07, 6.45) is 1.65. The molecule has 1 unspecified atom stereocenters. The van der Waals surface area contributed by atoms with Crippen LogP contribution in [0.3, 0.4) is 0 Å². The van der Waals surface area contributed by atoms with E-state index in [1.54, 1.807) is 0 Å². The molecule has 2 nitrogen and oxygen atoms in total. The molecule has 0 aromatic heterocycles. The van der Waals surface area contributed by atoms with Gasteiger partial charge < -0.3 is 10.5 Å². The van der Waals surface area contributed by atoms with Gasteiger partial charge in [-0.15, -0.1) is 0 Å². The lowest BCUT2D eigenvalue weighted by Gasteiger charge is -2.15. The topological polar surface area (TPSA) is 35.2 Å². The number of benzene rings is 2. The number of rotatable bonds is 3. The molecule has 0 bridgehead atoms. The van der Waals surface area contributed by atoms with Gasteiger partial charge in [-0.2, -0.15) is 0 Å². The van der Waals surface area contributed by atoms with Crippen LogP contribution in [0.1, 0.15) is 22.7 Å². The van der Waals surface area contributed by atoms with E-state index in [1.807, 2.05) is 30.3 Å². The summed E-state index contributed by atoms with van der Waals surface area (Å²) in [5.74, 6) is 0.972. The van der Waals surface area contributed by atoms with Gasteiger partial charge in [-0.05, 0) is 47.4 Å². The maximum absolute atomic E-state index is 6.32. The third kappa shape index (κ3) is 2.85. The monoisotopic (exact) mass is 351 g/mol. The first-order valence-electron chi connectivity index (χ1n) is 6.58. The van der Waals surface area contributed by atoms with E-state index in [0.29, 0.717) is 0 Å². The van der Waals surface area contributed by atoms with E-state index in [2.05, 4.69) is 22.0 Å². The predicted octanol–water partition coefficient (Wildman–Crippen LogP) is 4.28. The molecular formula is C16H15BrClNO. The third-order valence-electron chi connectivity index (χ3n) is 3.54. The van der Waals surface area contributed by atoms with E-state index in [9.17, 15) is 0 Å². The standard InChI is InChI=1S/C16H15BrClNO/c17-13-3-1-2-10(6-13)15(19)9-12-8-14(18)7-11-4-5-20-16(11)12/h1-3,6-8,15H,4-5,9,19H2. The van der Waals surface area contributed by atoms with Crippen molar-refractivity contribution in [2.45, 2.75) is 18.9 Å². The van der Waals surface area contributed by atoms with Gasteiger partial charge in [-0.1, -0.05) is 39.7 Å². The average molecular weight is 353 g/mol. The minimum atomic E-state index is -0.0701. The fourth-order valence-corrected chi connectivity index (χ4v) is 3.27. The highest BCUT2D eigenvalue weighted by Gasteiger charge is 2.19. The van der Waals surface area contributed by atoms with Crippen LogP contribution in [-0.4, -0.2) is 6.61 Å². The molecule has 0 fully saturated rings. The van der Waals surface area contributed by atoms with Crippen LogP contribution in [-0.2, 0) is 12.8 Å². The summed E-state index contributed by atoms with van der Waals surface area (Å²) in [6, 6.07) is 12.0. The van der Waals surface area contributed by atoms with Crippen LogP contribution >= 0.6 is 27.5 Å². The van der Waals surface area contributed by atoms with Gasteiger partial charge in [0.25, 0.3) is 0 Å². The quantitative estimate of drug-likeness (QED) is 0.895. The lowest BCUT2D eigenvalue weighted by Crippen LogP contribution is -2.13. The number of nitrogens with two attached hydrogens (primary N) is 1. The van der Waals surface area contributed by atoms with E-state index < -0.39 is 0 Å². The zero-order chi connectivity index (χ0) is 14.1. The van der Waals surface area contributed by atoms with Gasteiger partial charge in [0.1, 0.15) is 5.75 Å². The summed E-state index contributed by atoms with van der Waals surface area (Å²) in [6.45, 7) is 0.731. The Hall–Kier alpha value is -1.03. The third-order valence-corrected chi connectivity index (χ3v) is 4.25. The highest BCUT2D eigenvalue weighted by Crippen LogP contribution is 2.35. The van der Waals surface area contributed by atoms with Crippen molar-refractivity contribution in [3.63, 3.8) is 0 Å². The molecule has 1 atom stereocenters. The summed E-state index contributed by atoms with van der Waals surface area (Å²) in [4.78, 5) is 0. The van der Waals surface area contributed by atoms with E-state index in [1.165, 1.54) is 5.56 Å². The second-order valence-corrected chi connectivity index (χ2v) is 6.37. The fourth-order valence-electron chi connectivity index (χ4n) is 2.59. The molecule has 2 aromatic rings. The first kappa shape index (κ1) is 13.9. The van der Waals surface area contributed by atoms with Gasteiger partial charge in [0.2, 0.25) is 0 Å². The zero-order valence-corrected chi connectivity index (χ0v) is 13.2. The molecule has 3 rings (SSSR count). The summed E-state index contributed by atoms with van der Waals surface area (Å²) in [5, 5.41) is 0.755. The SMILES string of the molecule is NC(Cc1cc(Cl)cc2c1OCC2)c1cccc(Br)c1. The minimum absolute atomic E-state index is 0.0701. The zero-order valence-electron chi connectivity index (χ0n) is 10.9. The summed E-state index contributed by atoms with van der Waals surface area (Å²) in [7, 11) is 0. The molecule has 104 valence electrons. The van der Waals surface area contributed by atoms with Crippen molar-refractivity contribution < 1.29 is 4.74 Å². The van der Waals surface area contributed by atoms with Crippen molar-refractivity contribution in [2.24, 2.45) is 5.73 Å². The maximum atomic E-state index is 6.32. The molecule has 1 aliphatic rings. The predicted molar refractivity (Wildman–Crippen MR) is 85.4 cm³/mol. The Kier molecular flexibility index (Phi) is 4.01. The van der Waals surface area contributed by atoms with Crippen LogP contribution in [0.2, 0.25) is 5.02 Å². The van der Waals surface area contributed by atoms with Crippen molar-refractivity contribution in [2.75, 3.05) is 6.61 Å². The summed E-state index contributed by atoms with van der Waals surface area (Å²) < 4.78 is 6.76. The second-order valence-electron chi connectivity index (χ2n) is 5.02. The highest BCUT2D eigenvalue weighted by molar-refractivity contribution is 9.10. The van der Waals surface area contributed by atoms with E-state index in [0.717, 1.165) is 45.8 Å². The molecule has 0 spiro atoms. The van der Waals surface area contributed by atoms with Gasteiger partial charge in [0, 0.05) is 22.0 Å². The second kappa shape index (κ2) is 5.76. The van der Waals surface area contributed by atoms with Gasteiger partial charge in [-0.3, -0.25) is 0 Å². The molecule has 4 heteroatoms. The average Bonchev–Trinajstić information content (AvgIpc) is 2.86. The van der Waals surface area contributed by atoms with Crippen LogP contribution in [0.5, 0.6) is 5.75 Å². The normalized spacial score (nSPS) is 14.8. The molecule has 0 saturated heterocycles. The van der Waals surface area contributed by atoms with Crippen molar-refractivity contribution >= 4 is 27.5 Å². The Labute approximate surface area is 132 Å². The lowest BCUT2D eigenvalue weighted by molar-refractivity contribution is 0.352. The number of fused-ring (bicyclic) bond motifs is 1. The van der Waals surface area contributed by atoms with Crippen LogP contribution in [0, 0.1) is 0 Å². The molecule has 0 saturated carbocycles. The van der Waals surface area contributed by atoms with E-state index in [4.69, 9.17) is 22.1 Å². The Morgan fingerprint density at radius 1 is 1.30 bits per heavy atom. The molecule has 1 aliphatic heterocycles. The van der Waals surface area contributed by atoms with Gasteiger partial charge in [0.15, 0.2) is 0 Å². The van der Waals surface area contributed by atoms with Crippen molar-refractivity contribution in [3.8, 4) is 5.75 Å². The van der Waals surface area contributed by atoms with E-state index >= 15 is 0 Å². The first-order valence-corrected chi connectivity index (χ1v) is 7.76. The first-order chi connectivity index (χ1) is 9.63. The van der Waals surface area contributed by atoms with Gasteiger partial charge in [-0.25, -0.2) is 0 Å². The van der Waals surface area contributed by atoms with E-state index in [-0.39, 0.29) is 6.04 Å². The summed E-state index contributed by atoms with van der Waals surface area (Å²) >= 11 is 9.66. The van der Waals surface area contributed by atoms with Crippen LogP contribution in [0.25, 0.3) is 0 Å². The maximum Gasteiger partial charge on any atom is 0.125 e. The molecule has 0 radical (unpaired) electrons. The van der Waals surface area contributed by atoms with Crippen LogP contribution in [0.4, 0.5) is 0 Å². The Morgan fingerprint density at radius 3 is 2.95 bits per heavy atom. The summed E-state index contributed by atoms with van der Waals surface area (Å²) in [5.41, 5.74) is 9.71. The Bertz CT molecular complexity index is 644. The fraction of sp³-hybridized carbons (Fsp3) is 0.250. The number of ether oxygens (including phenoxy) is 1. The number of hydrogen-bond donors (Lipinski definition) is 1. The van der Waals surface area contributed by atoms with Crippen LogP contribution in [0.15, 0.2) is 40.9 Å². The highest BCUT2D eigenvalue weighted by atomic mass is 79.9. The van der Waals surface area contributed by atoms with Crippen LogP contribution < -0.4 is 10.5 Å². The molecule has 0 amide bonds. The number of halogens is 2. The Morgan fingerprint density at radius 2 is 2.15 bits per heavy atom. The van der Waals surface area contributed by atoms with Crippen molar-refractivity contribution in [1.82, 2.24) is 0 Å². The van der Waals surface area contributed by atoms with Crippen molar-refractivity contribution in [1.29, 1.82) is 0 Å². The molecule has 20 heavy (non-hydrogen) atoms. The minimum Gasteiger partial charge on any atom is -0.493 e. The van der Waals surface area contributed by atoms with Crippen molar-refractivity contribution in [3.05, 3.63) is 62.6 Å². The molecule has 1 heterocycles. The molecule has 2 aromatic carbocycles.